The fraction of sp³-hybridized carbons (Fsp3) is 0.500. The van der Waals surface area contributed by atoms with Gasteiger partial charge in [0.2, 0.25) is 0 Å². The van der Waals surface area contributed by atoms with Gasteiger partial charge in [0.1, 0.15) is 21.9 Å². The van der Waals surface area contributed by atoms with Crippen LogP contribution in [0.2, 0.25) is 0 Å². The molecule has 1 aliphatic rings. The molecule has 1 atom stereocenters. The molecule has 2 N–H and O–H groups in total. The predicted octanol–water partition coefficient (Wildman–Crippen LogP) is 2.02. The van der Waals surface area contributed by atoms with E-state index in [9.17, 15) is 0 Å². The number of nitrogens with two attached hydrogens (primary N) is 1. The van der Waals surface area contributed by atoms with E-state index in [0.717, 1.165) is 16.4 Å². The Morgan fingerprint density at radius 3 is 2.87 bits per heavy atom. The number of dihydropyridines is 1. The molecule has 0 fully saturated rings. The molecule has 0 saturated carbocycles. The molecule has 2 heterocycles. The van der Waals surface area contributed by atoms with Crippen LogP contribution in [-0.4, -0.2) is 16.0 Å². The van der Waals surface area contributed by atoms with Crippen molar-refractivity contribution < 1.29 is 0 Å². The van der Waals surface area contributed by atoms with Crippen molar-refractivity contribution in [3.63, 3.8) is 0 Å². The van der Waals surface area contributed by atoms with Crippen molar-refractivity contribution in [1.82, 2.24) is 10.2 Å². The second kappa shape index (κ2) is 4.10. The van der Waals surface area contributed by atoms with Gasteiger partial charge in [-0.3, -0.25) is 4.99 Å². The lowest BCUT2D eigenvalue weighted by molar-refractivity contribution is 0.710. The third-order valence-corrected chi connectivity index (χ3v) is 3.51. The van der Waals surface area contributed by atoms with Crippen LogP contribution >= 0.6 is 11.3 Å². The van der Waals surface area contributed by atoms with Gasteiger partial charge in [0.05, 0.1) is 0 Å². The Labute approximate surface area is 92.9 Å². The van der Waals surface area contributed by atoms with Crippen molar-refractivity contribution in [2.45, 2.75) is 32.2 Å². The topological polar surface area (TPSA) is 64.2 Å². The molecule has 5 heteroatoms. The number of amidine groups is 1. The first kappa shape index (κ1) is 10.3. The molecule has 0 bridgehead atoms. The maximum Gasteiger partial charge on any atom is 0.142 e. The van der Waals surface area contributed by atoms with Gasteiger partial charge in [-0.05, 0) is 12.5 Å². The molecule has 1 aromatic rings. The summed E-state index contributed by atoms with van der Waals surface area (Å²) in [5.74, 6) is 1.00. The maximum absolute atomic E-state index is 5.65. The van der Waals surface area contributed by atoms with Crippen LogP contribution in [0.5, 0.6) is 0 Å². The zero-order valence-corrected chi connectivity index (χ0v) is 9.66. The van der Waals surface area contributed by atoms with Crippen LogP contribution in [0.1, 0.15) is 42.2 Å². The van der Waals surface area contributed by atoms with Gasteiger partial charge in [-0.15, -0.1) is 10.2 Å². The molecule has 0 saturated heterocycles. The monoisotopic (exact) mass is 222 g/mol. The fourth-order valence-corrected chi connectivity index (χ4v) is 2.26. The number of aliphatic imine (C=N–C) groups is 1. The molecule has 0 aromatic carbocycles. The second-order valence-corrected chi connectivity index (χ2v) is 4.88. The molecule has 80 valence electrons. The van der Waals surface area contributed by atoms with Crippen LogP contribution in [0.25, 0.3) is 0 Å². The van der Waals surface area contributed by atoms with Crippen molar-refractivity contribution in [3.8, 4) is 0 Å². The van der Waals surface area contributed by atoms with Crippen molar-refractivity contribution >= 4 is 17.2 Å². The van der Waals surface area contributed by atoms with E-state index in [1.54, 1.807) is 11.3 Å². The highest BCUT2D eigenvalue weighted by Gasteiger charge is 2.17. The van der Waals surface area contributed by atoms with E-state index in [1.807, 2.05) is 12.2 Å². The minimum absolute atomic E-state index is 0.0694. The van der Waals surface area contributed by atoms with Gasteiger partial charge in [-0.1, -0.05) is 31.3 Å². The average Bonchev–Trinajstić information content (AvgIpc) is 2.66. The summed E-state index contributed by atoms with van der Waals surface area (Å²) in [7, 11) is 0. The fourth-order valence-electron chi connectivity index (χ4n) is 1.36. The average molecular weight is 222 g/mol. The van der Waals surface area contributed by atoms with Gasteiger partial charge in [0.25, 0.3) is 0 Å². The van der Waals surface area contributed by atoms with Crippen molar-refractivity contribution in [1.29, 1.82) is 0 Å². The standard InChI is InChI=1S/C10H14N4S/c1-6(2)9-13-14-10(15-9)7-4-3-5-8(11)12-7/h3,5-7H,4H2,1-2H3,(H2,11,12). The van der Waals surface area contributed by atoms with E-state index in [1.165, 1.54) is 0 Å². The Hall–Kier alpha value is -1.23. The summed E-state index contributed by atoms with van der Waals surface area (Å²) in [6.07, 6.45) is 4.73. The maximum atomic E-state index is 5.65. The van der Waals surface area contributed by atoms with E-state index < -0.39 is 0 Å². The van der Waals surface area contributed by atoms with E-state index in [-0.39, 0.29) is 6.04 Å². The van der Waals surface area contributed by atoms with Gasteiger partial charge < -0.3 is 5.73 Å². The first-order valence-electron chi connectivity index (χ1n) is 5.00. The summed E-state index contributed by atoms with van der Waals surface area (Å²) >= 11 is 1.63. The number of hydrogen-bond acceptors (Lipinski definition) is 5. The van der Waals surface area contributed by atoms with E-state index >= 15 is 0 Å². The zero-order chi connectivity index (χ0) is 10.8. The highest BCUT2D eigenvalue weighted by Crippen LogP contribution is 2.29. The quantitative estimate of drug-likeness (QED) is 0.832. The van der Waals surface area contributed by atoms with Crippen LogP contribution < -0.4 is 5.73 Å². The van der Waals surface area contributed by atoms with Crippen LogP contribution in [0, 0.1) is 0 Å². The highest BCUT2D eigenvalue weighted by atomic mass is 32.1. The van der Waals surface area contributed by atoms with Crippen LogP contribution in [-0.2, 0) is 0 Å². The minimum Gasteiger partial charge on any atom is -0.384 e. The van der Waals surface area contributed by atoms with Crippen molar-refractivity contribution in [2.24, 2.45) is 10.7 Å². The van der Waals surface area contributed by atoms with Crippen LogP contribution in [0.4, 0.5) is 0 Å². The molecule has 1 aromatic heterocycles. The summed E-state index contributed by atoms with van der Waals surface area (Å²) in [6.45, 7) is 4.23. The highest BCUT2D eigenvalue weighted by molar-refractivity contribution is 7.11. The number of hydrogen-bond donors (Lipinski definition) is 1. The van der Waals surface area contributed by atoms with Gasteiger partial charge in [-0.25, -0.2) is 0 Å². The third-order valence-electron chi connectivity index (χ3n) is 2.19. The van der Waals surface area contributed by atoms with Gasteiger partial charge in [0, 0.05) is 5.92 Å². The summed E-state index contributed by atoms with van der Waals surface area (Å²) in [5, 5.41) is 10.3. The Balaban J connectivity index is 2.20. The zero-order valence-electron chi connectivity index (χ0n) is 8.84. The Bertz CT molecular complexity index is 405. The molecule has 0 radical (unpaired) electrons. The minimum atomic E-state index is 0.0694. The first-order valence-corrected chi connectivity index (χ1v) is 5.81. The molecule has 0 spiro atoms. The third kappa shape index (κ3) is 2.23. The van der Waals surface area contributed by atoms with Crippen molar-refractivity contribution in [2.75, 3.05) is 0 Å². The smallest absolute Gasteiger partial charge is 0.142 e. The summed E-state index contributed by atoms with van der Waals surface area (Å²) in [4.78, 5) is 4.34. The van der Waals surface area contributed by atoms with Crippen LogP contribution in [0.15, 0.2) is 17.1 Å². The van der Waals surface area contributed by atoms with E-state index in [0.29, 0.717) is 11.8 Å². The van der Waals surface area contributed by atoms with Gasteiger partial charge >= 0.3 is 0 Å². The number of nitrogens with zero attached hydrogens (tertiary/aromatic N) is 3. The van der Waals surface area contributed by atoms with E-state index in [4.69, 9.17) is 5.73 Å². The SMILES string of the molecule is CC(C)c1nnc(C2CC=CC(N)=N2)s1. The number of rotatable bonds is 2. The Morgan fingerprint density at radius 2 is 2.27 bits per heavy atom. The lowest BCUT2D eigenvalue weighted by Gasteiger charge is -2.10. The molecular weight excluding hydrogens is 208 g/mol. The van der Waals surface area contributed by atoms with Crippen molar-refractivity contribution in [3.05, 3.63) is 22.2 Å². The second-order valence-electron chi connectivity index (χ2n) is 3.84. The summed E-state index contributed by atoms with van der Waals surface area (Å²) < 4.78 is 0. The largest absolute Gasteiger partial charge is 0.384 e. The van der Waals surface area contributed by atoms with E-state index in [2.05, 4.69) is 29.0 Å². The summed E-state index contributed by atoms with van der Waals surface area (Å²) in [5.41, 5.74) is 5.65. The Kier molecular flexibility index (Phi) is 2.81. The normalized spacial score (nSPS) is 20.7. The molecule has 1 aliphatic heterocycles. The predicted molar refractivity (Wildman–Crippen MR) is 62.1 cm³/mol. The van der Waals surface area contributed by atoms with Crippen LogP contribution in [0.3, 0.4) is 0 Å². The molecule has 2 rings (SSSR count). The molecule has 0 aliphatic carbocycles. The molecule has 15 heavy (non-hydrogen) atoms. The first-order chi connectivity index (χ1) is 7.16. The lowest BCUT2D eigenvalue weighted by atomic mass is 10.2. The molecule has 1 unspecified atom stereocenters. The molecule has 0 amide bonds. The van der Waals surface area contributed by atoms with Gasteiger partial charge in [-0.2, -0.15) is 0 Å². The Morgan fingerprint density at radius 1 is 1.47 bits per heavy atom. The summed E-state index contributed by atoms with van der Waals surface area (Å²) in [6, 6.07) is 0.0694. The number of aromatic nitrogens is 2. The molecular formula is C10H14N4S. The van der Waals surface area contributed by atoms with Gasteiger partial charge in [0.15, 0.2) is 0 Å². The lowest BCUT2D eigenvalue weighted by Crippen LogP contribution is -2.13. The molecule has 4 nitrogen and oxygen atoms in total.